The van der Waals surface area contributed by atoms with E-state index in [-0.39, 0.29) is 11.3 Å². The molecule has 8 heteroatoms. The highest BCUT2D eigenvalue weighted by molar-refractivity contribution is 6.46. The van der Waals surface area contributed by atoms with Crippen LogP contribution in [0.15, 0.2) is 73.0 Å². The van der Waals surface area contributed by atoms with E-state index in [2.05, 4.69) is 9.97 Å². The number of ether oxygens (including phenoxy) is 1. The Balaban J connectivity index is 1.68. The van der Waals surface area contributed by atoms with Gasteiger partial charge in [-0.05, 0) is 49.7 Å². The number of Topliss-reactive ketones (excluding diaryl/α,β-unsaturated/α-hetero) is 1. The van der Waals surface area contributed by atoms with E-state index in [4.69, 9.17) is 4.74 Å². The molecule has 1 N–H and O–H groups in total. The lowest BCUT2D eigenvalue weighted by molar-refractivity contribution is -0.140. The van der Waals surface area contributed by atoms with Crippen LogP contribution in [0, 0.1) is 0 Å². The lowest BCUT2D eigenvalue weighted by Crippen LogP contribution is -2.31. The van der Waals surface area contributed by atoms with Crippen LogP contribution in [0.1, 0.15) is 30.6 Å². The number of imidazole rings is 1. The van der Waals surface area contributed by atoms with Crippen molar-refractivity contribution in [3.63, 3.8) is 0 Å². The van der Waals surface area contributed by atoms with Crippen LogP contribution in [0.25, 0.3) is 5.76 Å². The Morgan fingerprint density at radius 2 is 1.91 bits per heavy atom. The minimum Gasteiger partial charge on any atom is -0.507 e. The van der Waals surface area contributed by atoms with Crippen molar-refractivity contribution in [2.45, 2.75) is 25.9 Å². The third-order valence-electron chi connectivity index (χ3n) is 5.32. The van der Waals surface area contributed by atoms with Gasteiger partial charge in [0.2, 0.25) is 0 Å². The van der Waals surface area contributed by atoms with Crippen LogP contribution < -0.4 is 4.74 Å². The zero-order valence-corrected chi connectivity index (χ0v) is 17.7. The fraction of sp³-hybridized carbons (Fsp3) is 0.250. The molecular weight excluding hydrogens is 408 g/mol. The summed E-state index contributed by atoms with van der Waals surface area (Å²) in [5, 5.41) is 11.1. The van der Waals surface area contributed by atoms with Gasteiger partial charge in [-0.1, -0.05) is 6.07 Å². The van der Waals surface area contributed by atoms with Crippen LogP contribution >= 0.6 is 0 Å². The minimum absolute atomic E-state index is 0.0421. The number of pyridine rings is 1. The zero-order valence-electron chi connectivity index (χ0n) is 17.7. The fourth-order valence-electron chi connectivity index (χ4n) is 3.83. The third-order valence-corrected chi connectivity index (χ3v) is 5.32. The van der Waals surface area contributed by atoms with Gasteiger partial charge in [-0.2, -0.15) is 0 Å². The van der Waals surface area contributed by atoms with Gasteiger partial charge in [-0.3, -0.25) is 14.6 Å². The number of likely N-dealkylation sites (tertiary alicyclic amines) is 1. The smallest absolute Gasteiger partial charge is 0.295 e. The summed E-state index contributed by atoms with van der Waals surface area (Å²) in [6.07, 6.45) is 7.47. The van der Waals surface area contributed by atoms with Crippen molar-refractivity contribution in [3.8, 4) is 5.75 Å². The van der Waals surface area contributed by atoms with E-state index in [0.717, 1.165) is 0 Å². The maximum Gasteiger partial charge on any atom is 0.295 e. The third kappa shape index (κ3) is 4.25. The molecule has 32 heavy (non-hydrogen) atoms. The molecular formula is C24H24N4O4. The predicted molar refractivity (Wildman–Crippen MR) is 118 cm³/mol. The number of aliphatic hydroxyl groups is 1. The van der Waals surface area contributed by atoms with Crippen molar-refractivity contribution in [3.05, 3.63) is 84.2 Å². The Labute approximate surface area is 185 Å². The molecule has 0 aliphatic carbocycles. The van der Waals surface area contributed by atoms with Crippen molar-refractivity contribution in [1.29, 1.82) is 0 Å². The molecule has 0 radical (unpaired) electrons. The van der Waals surface area contributed by atoms with Crippen LogP contribution in [0.3, 0.4) is 0 Å². The van der Waals surface area contributed by atoms with Crippen molar-refractivity contribution < 1.29 is 19.4 Å². The molecule has 3 heterocycles. The molecule has 1 saturated heterocycles. The highest BCUT2D eigenvalue weighted by atomic mass is 16.5. The number of aromatic nitrogens is 3. The number of aryl methyl sites for hydroxylation is 1. The van der Waals surface area contributed by atoms with Crippen molar-refractivity contribution in [2.75, 3.05) is 13.2 Å². The van der Waals surface area contributed by atoms with Gasteiger partial charge in [0.15, 0.2) is 0 Å². The summed E-state index contributed by atoms with van der Waals surface area (Å²) in [6, 6.07) is 11.3. The molecule has 0 bridgehead atoms. The average molecular weight is 432 g/mol. The molecule has 1 aliphatic rings. The Kier molecular flexibility index (Phi) is 6.30. The number of benzene rings is 1. The van der Waals surface area contributed by atoms with Gasteiger partial charge in [-0.15, -0.1) is 0 Å². The van der Waals surface area contributed by atoms with E-state index >= 15 is 0 Å². The predicted octanol–water partition coefficient (Wildman–Crippen LogP) is 3.19. The number of nitrogens with zero attached hydrogens (tertiary/aromatic N) is 4. The molecule has 1 unspecified atom stereocenters. The largest absolute Gasteiger partial charge is 0.507 e. The van der Waals surface area contributed by atoms with Crippen LogP contribution in [0.4, 0.5) is 0 Å². The molecule has 0 spiro atoms. The number of aliphatic hydroxyl groups excluding tert-OH is 1. The van der Waals surface area contributed by atoms with E-state index < -0.39 is 17.7 Å². The average Bonchev–Trinajstić information content (AvgIpc) is 3.42. The minimum atomic E-state index is -0.759. The van der Waals surface area contributed by atoms with Gasteiger partial charge < -0.3 is 19.3 Å². The normalized spacial score (nSPS) is 17.7. The maximum atomic E-state index is 13.0. The molecule has 1 amide bonds. The molecule has 1 fully saturated rings. The van der Waals surface area contributed by atoms with Crippen LogP contribution in [-0.4, -0.2) is 49.4 Å². The van der Waals surface area contributed by atoms with E-state index in [1.807, 2.05) is 17.7 Å². The number of carbonyl (C=O) groups excluding carboxylic acids is 2. The number of hydrogen-bond donors (Lipinski definition) is 1. The summed E-state index contributed by atoms with van der Waals surface area (Å²) in [6.45, 7) is 3.39. The summed E-state index contributed by atoms with van der Waals surface area (Å²) in [5.74, 6) is -0.919. The zero-order chi connectivity index (χ0) is 22.5. The summed E-state index contributed by atoms with van der Waals surface area (Å²) < 4.78 is 7.35. The summed E-state index contributed by atoms with van der Waals surface area (Å²) in [5.41, 5.74) is 1.01. The number of carbonyl (C=O) groups is 2. The van der Waals surface area contributed by atoms with Crippen LogP contribution in [0.2, 0.25) is 0 Å². The van der Waals surface area contributed by atoms with E-state index in [1.165, 1.54) is 4.90 Å². The van der Waals surface area contributed by atoms with Crippen molar-refractivity contribution in [2.24, 2.45) is 0 Å². The van der Waals surface area contributed by atoms with Crippen molar-refractivity contribution in [1.82, 2.24) is 19.4 Å². The molecule has 164 valence electrons. The van der Waals surface area contributed by atoms with Gasteiger partial charge in [0, 0.05) is 37.2 Å². The number of ketones is 1. The van der Waals surface area contributed by atoms with Gasteiger partial charge in [-0.25, -0.2) is 4.98 Å². The number of amides is 1. The van der Waals surface area contributed by atoms with Crippen LogP contribution in [-0.2, 0) is 16.1 Å². The quantitative estimate of drug-likeness (QED) is 0.334. The Hall–Kier alpha value is -3.94. The molecule has 1 aliphatic heterocycles. The Morgan fingerprint density at radius 3 is 2.56 bits per heavy atom. The van der Waals surface area contributed by atoms with Crippen molar-refractivity contribution >= 4 is 17.4 Å². The second kappa shape index (κ2) is 9.47. The molecule has 3 aromatic rings. The van der Waals surface area contributed by atoms with Gasteiger partial charge in [0.1, 0.15) is 17.6 Å². The first-order valence-corrected chi connectivity index (χ1v) is 10.5. The van der Waals surface area contributed by atoms with Gasteiger partial charge in [0.05, 0.1) is 24.2 Å². The topological polar surface area (TPSA) is 97.6 Å². The lowest BCUT2D eigenvalue weighted by atomic mass is 9.98. The van der Waals surface area contributed by atoms with Gasteiger partial charge >= 0.3 is 0 Å². The summed E-state index contributed by atoms with van der Waals surface area (Å²) in [7, 11) is 0. The molecule has 0 saturated carbocycles. The molecule has 2 aromatic heterocycles. The molecule has 8 nitrogen and oxygen atoms in total. The van der Waals surface area contributed by atoms with Crippen LogP contribution in [0.5, 0.6) is 5.75 Å². The highest BCUT2D eigenvalue weighted by Crippen LogP contribution is 2.38. The molecule has 1 atom stereocenters. The molecule has 4 rings (SSSR count). The second-order valence-electron chi connectivity index (χ2n) is 7.36. The summed E-state index contributed by atoms with van der Waals surface area (Å²) in [4.78, 5) is 35.8. The van der Waals surface area contributed by atoms with E-state index in [0.29, 0.717) is 43.1 Å². The van der Waals surface area contributed by atoms with Gasteiger partial charge in [0.25, 0.3) is 11.7 Å². The SMILES string of the molecule is CCOc1ccc(/C(O)=C2/C(=O)C(=O)N(CCCn3ccnc3)C2c2ccccn2)cc1. The maximum absolute atomic E-state index is 13.0. The van der Waals surface area contributed by atoms with E-state index in [9.17, 15) is 14.7 Å². The first kappa shape index (κ1) is 21.3. The summed E-state index contributed by atoms with van der Waals surface area (Å²) >= 11 is 0. The number of rotatable bonds is 8. The first-order valence-electron chi connectivity index (χ1n) is 10.5. The Morgan fingerprint density at radius 1 is 1.09 bits per heavy atom. The fourth-order valence-corrected chi connectivity index (χ4v) is 3.83. The lowest BCUT2D eigenvalue weighted by Gasteiger charge is -2.24. The first-order chi connectivity index (χ1) is 15.6. The van der Waals surface area contributed by atoms with E-state index in [1.54, 1.807) is 61.2 Å². The second-order valence-corrected chi connectivity index (χ2v) is 7.36. The number of hydrogen-bond acceptors (Lipinski definition) is 6. The highest BCUT2D eigenvalue weighted by Gasteiger charge is 2.46. The standard InChI is InChI=1S/C24H24N4O4/c1-2-32-18-9-7-17(8-10-18)22(29)20-21(19-6-3-4-11-26-19)28(24(31)23(20)30)14-5-13-27-15-12-25-16-27/h3-4,6-12,15-16,21,29H,2,5,13-14H2,1H3/b22-20-. The Bertz CT molecular complexity index is 1110. The monoisotopic (exact) mass is 432 g/mol. The molecule has 1 aromatic carbocycles.